The van der Waals surface area contributed by atoms with Crippen LogP contribution in [0.25, 0.3) is 6.08 Å². The van der Waals surface area contributed by atoms with Gasteiger partial charge >= 0.3 is 0 Å². The number of carbonyl (C=O) groups is 1. The van der Waals surface area contributed by atoms with Crippen LogP contribution in [0, 0.1) is 21.4 Å². The Balaban J connectivity index is 1.65. The molecule has 0 spiro atoms. The van der Waals surface area contributed by atoms with Crippen molar-refractivity contribution in [1.82, 2.24) is 0 Å². The minimum absolute atomic E-state index is 0.00485. The minimum Gasteiger partial charge on any atom is -0.489 e. The van der Waals surface area contributed by atoms with Crippen LogP contribution in [-0.2, 0) is 11.4 Å². The molecule has 0 heterocycles. The number of nitro groups is 1. The van der Waals surface area contributed by atoms with Crippen molar-refractivity contribution in [2.45, 2.75) is 6.61 Å². The van der Waals surface area contributed by atoms with Crippen LogP contribution in [0.15, 0.2) is 72.3 Å². The molecule has 0 saturated heterocycles. The van der Waals surface area contributed by atoms with Crippen molar-refractivity contribution in [3.05, 3.63) is 104 Å². The average Bonchev–Trinajstić information content (AvgIpc) is 2.79. The number of carbonyl (C=O) groups excluding carboxylic acids is 1. The molecule has 1 amide bonds. The van der Waals surface area contributed by atoms with E-state index in [0.29, 0.717) is 27.6 Å². The molecule has 0 aliphatic heterocycles. The highest BCUT2D eigenvalue weighted by Crippen LogP contribution is 2.25. The van der Waals surface area contributed by atoms with Crippen LogP contribution >= 0.6 is 23.2 Å². The highest BCUT2D eigenvalue weighted by Gasteiger charge is 2.11. The van der Waals surface area contributed by atoms with Crippen LogP contribution in [0.5, 0.6) is 5.75 Å². The first kappa shape index (κ1) is 22.8. The lowest BCUT2D eigenvalue weighted by atomic mass is 10.1. The van der Waals surface area contributed by atoms with E-state index in [-0.39, 0.29) is 22.9 Å². The molecule has 9 heteroatoms. The van der Waals surface area contributed by atoms with Gasteiger partial charge in [-0.15, -0.1) is 0 Å². The summed E-state index contributed by atoms with van der Waals surface area (Å²) in [6, 6.07) is 19.4. The standard InChI is InChI=1S/C23H15Cl2N3O4/c24-21-9-6-18(12-22(21)25)27-23(29)17(13-26)10-15-4-7-20(8-5-15)32-14-16-2-1-3-19(11-16)28(30)31/h1-12H,14H2,(H,27,29)/b17-10+. The Labute approximate surface area is 193 Å². The summed E-state index contributed by atoms with van der Waals surface area (Å²) in [6.07, 6.45) is 1.44. The minimum atomic E-state index is -0.586. The number of amides is 1. The topological polar surface area (TPSA) is 105 Å². The lowest BCUT2D eigenvalue weighted by Crippen LogP contribution is -2.13. The largest absolute Gasteiger partial charge is 0.489 e. The molecule has 3 aromatic carbocycles. The van der Waals surface area contributed by atoms with E-state index < -0.39 is 10.8 Å². The summed E-state index contributed by atoms with van der Waals surface area (Å²) in [5.41, 5.74) is 1.59. The molecule has 0 atom stereocenters. The number of nitriles is 1. The molecule has 0 aliphatic carbocycles. The summed E-state index contributed by atoms with van der Waals surface area (Å²) in [7, 11) is 0. The Hall–Kier alpha value is -3.86. The van der Waals surface area contributed by atoms with Crippen LogP contribution in [0.4, 0.5) is 11.4 Å². The van der Waals surface area contributed by atoms with Gasteiger partial charge in [0.05, 0.1) is 15.0 Å². The highest BCUT2D eigenvalue weighted by molar-refractivity contribution is 6.42. The van der Waals surface area contributed by atoms with E-state index in [1.807, 2.05) is 6.07 Å². The number of nitrogens with one attached hydrogen (secondary N) is 1. The molecule has 0 aromatic heterocycles. The number of halogens is 2. The van der Waals surface area contributed by atoms with E-state index in [2.05, 4.69) is 5.32 Å². The van der Waals surface area contributed by atoms with Crippen LogP contribution in [0.1, 0.15) is 11.1 Å². The van der Waals surface area contributed by atoms with E-state index in [1.54, 1.807) is 48.5 Å². The third-order valence-corrected chi connectivity index (χ3v) is 5.00. The second-order valence-corrected chi connectivity index (χ2v) is 7.35. The van der Waals surface area contributed by atoms with Crippen molar-refractivity contribution in [2.24, 2.45) is 0 Å². The summed E-state index contributed by atoms with van der Waals surface area (Å²) >= 11 is 11.8. The van der Waals surface area contributed by atoms with Gasteiger partial charge in [0.15, 0.2) is 0 Å². The Morgan fingerprint density at radius 3 is 2.50 bits per heavy atom. The zero-order valence-electron chi connectivity index (χ0n) is 16.4. The van der Waals surface area contributed by atoms with Crippen molar-refractivity contribution in [3.8, 4) is 11.8 Å². The van der Waals surface area contributed by atoms with Crippen molar-refractivity contribution in [2.75, 3.05) is 5.32 Å². The fourth-order valence-corrected chi connectivity index (χ4v) is 2.97. The van der Waals surface area contributed by atoms with Crippen molar-refractivity contribution in [3.63, 3.8) is 0 Å². The average molecular weight is 468 g/mol. The molecular formula is C23H15Cl2N3O4. The van der Waals surface area contributed by atoms with Gasteiger partial charge in [0.1, 0.15) is 24.0 Å². The van der Waals surface area contributed by atoms with Gasteiger partial charge in [-0.25, -0.2) is 0 Å². The van der Waals surface area contributed by atoms with Gasteiger partial charge in [0.25, 0.3) is 11.6 Å². The number of non-ortho nitro benzene ring substituents is 1. The van der Waals surface area contributed by atoms with Gasteiger partial charge in [-0.3, -0.25) is 14.9 Å². The van der Waals surface area contributed by atoms with E-state index in [4.69, 9.17) is 27.9 Å². The van der Waals surface area contributed by atoms with Gasteiger partial charge in [0.2, 0.25) is 0 Å². The fraction of sp³-hybridized carbons (Fsp3) is 0.0435. The molecule has 32 heavy (non-hydrogen) atoms. The third-order valence-electron chi connectivity index (χ3n) is 4.26. The predicted molar refractivity (Wildman–Crippen MR) is 123 cm³/mol. The molecular weight excluding hydrogens is 453 g/mol. The molecule has 0 radical (unpaired) electrons. The first-order valence-corrected chi connectivity index (χ1v) is 9.95. The lowest BCUT2D eigenvalue weighted by molar-refractivity contribution is -0.384. The summed E-state index contributed by atoms with van der Waals surface area (Å²) in [4.78, 5) is 22.8. The van der Waals surface area contributed by atoms with Gasteiger partial charge in [-0.1, -0.05) is 47.5 Å². The summed E-state index contributed by atoms with van der Waals surface area (Å²) in [5.74, 6) is -0.0516. The van der Waals surface area contributed by atoms with Crippen LogP contribution in [-0.4, -0.2) is 10.8 Å². The van der Waals surface area contributed by atoms with Gasteiger partial charge < -0.3 is 10.1 Å². The fourth-order valence-electron chi connectivity index (χ4n) is 2.67. The van der Waals surface area contributed by atoms with Crippen LogP contribution < -0.4 is 10.1 Å². The number of hydrogen-bond donors (Lipinski definition) is 1. The maximum Gasteiger partial charge on any atom is 0.269 e. The number of benzene rings is 3. The van der Waals surface area contributed by atoms with Crippen molar-refractivity contribution in [1.29, 1.82) is 5.26 Å². The van der Waals surface area contributed by atoms with E-state index in [1.165, 1.54) is 24.3 Å². The molecule has 0 fully saturated rings. The predicted octanol–water partition coefficient (Wildman–Crippen LogP) is 6.03. The molecule has 7 nitrogen and oxygen atoms in total. The van der Waals surface area contributed by atoms with Gasteiger partial charge in [0, 0.05) is 17.8 Å². The van der Waals surface area contributed by atoms with Crippen molar-refractivity contribution < 1.29 is 14.5 Å². The molecule has 0 bridgehead atoms. The second-order valence-electron chi connectivity index (χ2n) is 6.54. The van der Waals surface area contributed by atoms with E-state index in [9.17, 15) is 20.2 Å². The van der Waals surface area contributed by atoms with Crippen LogP contribution in [0.2, 0.25) is 10.0 Å². The zero-order chi connectivity index (χ0) is 23.1. The number of nitro benzene ring substituents is 1. The Morgan fingerprint density at radius 2 is 1.84 bits per heavy atom. The summed E-state index contributed by atoms with van der Waals surface area (Å²) in [5, 5.41) is 23.5. The van der Waals surface area contributed by atoms with Crippen molar-refractivity contribution >= 4 is 46.6 Å². The van der Waals surface area contributed by atoms with Gasteiger partial charge in [-0.05, 0) is 47.5 Å². The number of ether oxygens (including phenoxy) is 1. The normalized spacial score (nSPS) is 10.8. The number of rotatable bonds is 7. The summed E-state index contributed by atoms with van der Waals surface area (Å²) in [6.45, 7) is 0.159. The molecule has 1 N–H and O–H groups in total. The highest BCUT2D eigenvalue weighted by atomic mass is 35.5. The molecule has 160 valence electrons. The monoisotopic (exact) mass is 467 g/mol. The molecule has 0 unspecified atom stereocenters. The van der Waals surface area contributed by atoms with Crippen LogP contribution in [0.3, 0.4) is 0 Å². The van der Waals surface area contributed by atoms with E-state index in [0.717, 1.165) is 0 Å². The SMILES string of the molecule is N#C/C(=C\c1ccc(OCc2cccc([N+](=O)[O-])c2)cc1)C(=O)Nc1ccc(Cl)c(Cl)c1. The first-order chi connectivity index (χ1) is 15.4. The number of hydrogen-bond acceptors (Lipinski definition) is 5. The molecule has 3 rings (SSSR count). The maximum atomic E-state index is 12.4. The summed E-state index contributed by atoms with van der Waals surface area (Å²) < 4.78 is 5.65. The number of anilines is 1. The molecule has 0 saturated carbocycles. The lowest BCUT2D eigenvalue weighted by Gasteiger charge is -2.07. The van der Waals surface area contributed by atoms with Gasteiger partial charge in [-0.2, -0.15) is 5.26 Å². The van der Waals surface area contributed by atoms with E-state index >= 15 is 0 Å². The third kappa shape index (κ3) is 6.08. The Bertz CT molecular complexity index is 1230. The molecule has 0 aliphatic rings. The number of nitrogens with zero attached hydrogens (tertiary/aromatic N) is 2. The Kier molecular flexibility index (Phi) is 7.45. The first-order valence-electron chi connectivity index (χ1n) is 9.20. The Morgan fingerprint density at radius 1 is 1.09 bits per heavy atom. The smallest absolute Gasteiger partial charge is 0.269 e. The molecule has 3 aromatic rings. The zero-order valence-corrected chi connectivity index (χ0v) is 17.9. The second kappa shape index (κ2) is 10.4. The maximum absolute atomic E-state index is 12.4. The quantitative estimate of drug-likeness (QED) is 0.197.